The molecule has 2 N–H and O–H groups in total. The summed E-state index contributed by atoms with van der Waals surface area (Å²) in [6.07, 6.45) is 2.97. The van der Waals surface area contributed by atoms with Crippen molar-refractivity contribution in [2.75, 3.05) is 16.8 Å². The second-order valence-corrected chi connectivity index (χ2v) is 6.25. The monoisotopic (exact) mass is 390 g/mol. The molecule has 3 amide bonds. The van der Waals surface area contributed by atoms with Gasteiger partial charge in [0.25, 0.3) is 0 Å². The number of nitrogens with zero attached hydrogens (tertiary/aromatic N) is 2. The van der Waals surface area contributed by atoms with E-state index in [0.29, 0.717) is 17.9 Å². The lowest BCUT2D eigenvalue weighted by molar-refractivity contribution is -0.115. The van der Waals surface area contributed by atoms with Crippen molar-refractivity contribution >= 4 is 23.4 Å². The molecule has 7 nitrogen and oxygen atoms in total. The third-order valence-corrected chi connectivity index (χ3v) is 4.25. The Bertz CT molecular complexity index is 845. The summed E-state index contributed by atoms with van der Waals surface area (Å²) < 4.78 is 29.0. The number of hydrogen-bond acceptors (Lipinski definition) is 4. The zero-order valence-corrected chi connectivity index (χ0v) is 15.2. The van der Waals surface area contributed by atoms with Crippen molar-refractivity contribution < 1.29 is 23.1 Å². The number of amides is 3. The van der Waals surface area contributed by atoms with Crippen LogP contribution in [-0.2, 0) is 4.79 Å². The first-order valence-electron chi connectivity index (χ1n) is 8.85. The highest BCUT2D eigenvalue weighted by Gasteiger charge is 2.29. The summed E-state index contributed by atoms with van der Waals surface area (Å²) in [6.45, 7) is -1.07. The Hall–Kier alpha value is -3.23. The van der Waals surface area contributed by atoms with Gasteiger partial charge in [0.2, 0.25) is 5.91 Å². The zero-order valence-electron chi connectivity index (χ0n) is 15.2. The number of anilines is 2. The van der Waals surface area contributed by atoms with Gasteiger partial charge in [0.05, 0.1) is 11.7 Å². The molecule has 0 saturated heterocycles. The number of urea groups is 1. The van der Waals surface area contributed by atoms with Gasteiger partial charge in [-0.15, -0.1) is 0 Å². The lowest BCUT2D eigenvalue weighted by Crippen LogP contribution is -2.48. The summed E-state index contributed by atoms with van der Waals surface area (Å²) in [5.74, 6) is 0.109. The first kappa shape index (κ1) is 19.5. The third kappa shape index (κ3) is 4.54. The molecule has 0 radical (unpaired) electrons. The van der Waals surface area contributed by atoms with E-state index in [1.165, 1.54) is 17.0 Å². The number of halogens is 2. The molecule has 1 atom stereocenters. The van der Waals surface area contributed by atoms with Crippen molar-refractivity contribution in [1.29, 1.82) is 0 Å². The summed E-state index contributed by atoms with van der Waals surface area (Å²) in [5, 5.41) is 5.58. The number of pyridine rings is 1. The largest absolute Gasteiger partial charge is 0.435 e. The Labute approximate surface area is 160 Å². The molecule has 3 rings (SSSR count). The summed E-state index contributed by atoms with van der Waals surface area (Å²) in [6, 6.07) is 8.66. The maximum Gasteiger partial charge on any atom is 0.387 e. The van der Waals surface area contributed by atoms with Crippen molar-refractivity contribution in [3.8, 4) is 5.75 Å². The molecule has 1 aliphatic rings. The van der Waals surface area contributed by atoms with E-state index in [2.05, 4.69) is 20.4 Å². The van der Waals surface area contributed by atoms with Crippen LogP contribution in [0.2, 0.25) is 0 Å². The normalized spacial score (nSPS) is 14.3. The third-order valence-electron chi connectivity index (χ3n) is 4.25. The molecule has 2 aromatic rings. The SMILES string of the molecule is CCCC(NC(=O)N1CC(=O)Nc2cccnc21)c1ccc(OC(F)F)cc1. The standard InChI is InChI=1S/C19H20F2N4O3/c1-2-4-14(12-6-8-13(9-7-12)28-18(20)21)24-19(27)25-11-16(26)23-15-5-3-10-22-17(15)25/h3,5-10,14,18H,2,4,11H2,1H3,(H,23,26)(H,24,27). The highest BCUT2D eigenvalue weighted by Crippen LogP contribution is 2.28. The van der Waals surface area contributed by atoms with Crippen molar-refractivity contribution in [1.82, 2.24) is 10.3 Å². The highest BCUT2D eigenvalue weighted by atomic mass is 19.3. The molecule has 1 aliphatic heterocycles. The van der Waals surface area contributed by atoms with E-state index in [0.717, 1.165) is 12.0 Å². The number of ether oxygens (including phenoxy) is 1. The van der Waals surface area contributed by atoms with Crippen LogP contribution in [0.1, 0.15) is 31.4 Å². The van der Waals surface area contributed by atoms with Gasteiger partial charge in [0.15, 0.2) is 5.82 Å². The van der Waals surface area contributed by atoms with Gasteiger partial charge in [-0.25, -0.2) is 9.78 Å². The molecular formula is C19H20F2N4O3. The van der Waals surface area contributed by atoms with E-state index in [1.807, 2.05) is 6.92 Å². The highest BCUT2D eigenvalue weighted by molar-refractivity contribution is 6.08. The van der Waals surface area contributed by atoms with Crippen LogP contribution in [0.15, 0.2) is 42.6 Å². The Morgan fingerprint density at radius 2 is 2.07 bits per heavy atom. The summed E-state index contributed by atoms with van der Waals surface area (Å²) in [7, 11) is 0. The average molecular weight is 390 g/mol. The summed E-state index contributed by atoms with van der Waals surface area (Å²) in [5.41, 5.74) is 1.22. The van der Waals surface area contributed by atoms with Crippen molar-refractivity contribution in [3.63, 3.8) is 0 Å². The maximum absolute atomic E-state index is 12.8. The molecule has 148 valence electrons. The van der Waals surface area contributed by atoms with Gasteiger partial charge < -0.3 is 15.4 Å². The molecule has 0 bridgehead atoms. The maximum atomic E-state index is 12.8. The van der Waals surface area contributed by atoms with Gasteiger partial charge >= 0.3 is 12.6 Å². The van der Waals surface area contributed by atoms with Gasteiger partial charge in [0.1, 0.15) is 12.3 Å². The van der Waals surface area contributed by atoms with Crippen LogP contribution in [0.5, 0.6) is 5.75 Å². The average Bonchev–Trinajstić information content (AvgIpc) is 2.67. The number of hydrogen-bond donors (Lipinski definition) is 2. The number of alkyl halides is 2. The molecule has 28 heavy (non-hydrogen) atoms. The van der Waals surface area contributed by atoms with Gasteiger partial charge in [0, 0.05) is 6.20 Å². The van der Waals surface area contributed by atoms with Crippen molar-refractivity contribution in [2.24, 2.45) is 0 Å². The minimum Gasteiger partial charge on any atom is -0.435 e. The number of carbonyl (C=O) groups excluding carboxylic acids is 2. The second kappa shape index (κ2) is 8.64. The van der Waals surface area contributed by atoms with Gasteiger partial charge in [-0.3, -0.25) is 9.69 Å². The quantitative estimate of drug-likeness (QED) is 0.788. The molecular weight excluding hydrogens is 370 g/mol. The lowest BCUT2D eigenvalue weighted by Gasteiger charge is -2.30. The van der Waals surface area contributed by atoms with E-state index in [9.17, 15) is 18.4 Å². The smallest absolute Gasteiger partial charge is 0.387 e. The van der Waals surface area contributed by atoms with Crippen molar-refractivity contribution in [2.45, 2.75) is 32.4 Å². The zero-order chi connectivity index (χ0) is 20.1. The predicted octanol–water partition coefficient (Wildman–Crippen LogP) is 3.69. The van der Waals surface area contributed by atoms with Crippen molar-refractivity contribution in [3.05, 3.63) is 48.2 Å². The molecule has 9 heteroatoms. The molecule has 0 fully saturated rings. The number of rotatable bonds is 6. The fourth-order valence-electron chi connectivity index (χ4n) is 3.01. The Morgan fingerprint density at radius 1 is 1.32 bits per heavy atom. The van der Waals surface area contributed by atoms with E-state index in [4.69, 9.17) is 0 Å². The molecule has 0 spiro atoms. The van der Waals surface area contributed by atoms with E-state index >= 15 is 0 Å². The first-order valence-corrected chi connectivity index (χ1v) is 8.85. The predicted molar refractivity (Wildman–Crippen MR) is 99.5 cm³/mol. The number of benzene rings is 1. The number of carbonyl (C=O) groups is 2. The first-order chi connectivity index (χ1) is 13.5. The van der Waals surface area contributed by atoms with Crippen LogP contribution in [-0.4, -0.2) is 30.1 Å². The Kier molecular flexibility index (Phi) is 6.03. The molecule has 0 aliphatic carbocycles. The number of nitrogens with one attached hydrogen (secondary N) is 2. The minimum absolute atomic E-state index is 0.0474. The molecule has 1 aromatic carbocycles. The van der Waals surface area contributed by atoms with Gasteiger partial charge in [-0.1, -0.05) is 25.5 Å². The Balaban J connectivity index is 1.77. The molecule has 1 aromatic heterocycles. The van der Waals surface area contributed by atoms with Crippen LogP contribution >= 0.6 is 0 Å². The van der Waals surface area contributed by atoms with Crippen LogP contribution in [0, 0.1) is 0 Å². The lowest BCUT2D eigenvalue weighted by atomic mass is 10.0. The van der Waals surface area contributed by atoms with Crippen LogP contribution in [0.25, 0.3) is 0 Å². The fourth-order valence-corrected chi connectivity index (χ4v) is 3.01. The van der Waals surface area contributed by atoms with Crippen LogP contribution in [0.3, 0.4) is 0 Å². The molecule has 1 unspecified atom stereocenters. The number of aromatic nitrogens is 1. The topological polar surface area (TPSA) is 83.6 Å². The minimum atomic E-state index is -2.89. The second-order valence-electron chi connectivity index (χ2n) is 6.25. The molecule has 0 saturated carbocycles. The summed E-state index contributed by atoms with van der Waals surface area (Å²) in [4.78, 5) is 30.2. The van der Waals surface area contributed by atoms with E-state index < -0.39 is 12.6 Å². The van der Waals surface area contributed by atoms with E-state index in [1.54, 1.807) is 30.5 Å². The Morgan fingerprint density at radius 3 is 2.75 bits per heavy atom. The fraction of sp³-hybridized carbons (Fsp3) is 0.316. The van der Waals surface area contributed by atoms with Gasteiger partial charge in [-0.05, 0) is 36.2 Å². The van der Waals surface area contributed by atoms with Crippen LogP contribution < -0.4 is 20.3 Å². The molecule has 2 heterocycles. The van der Waals surface area contributed by atoms with E-state index in [-0.39, 0.29) is 24.2 Å². The van der Waals surface area contributed by atoms with Gasteiger partial charge in [-0.2, -0.15) is 8.78 Å². The van der Waals surface area contributed by atoms with Crippen LogP contribution in [0.4, 0.5) is 25.1 Å². The number of fused-ring (bicyclic) bond motifs is 1. The summed E-state index contributed by atoms with van der Waals surface area (Å²) >= 11 is 0.